The van der Waals surface area contributed by atoms with Crippen molar-refractivity contribution in [2.75, 3.05) is 42.9 Å². The molecule has 1 saturated heterocycles. The van der Waals surface area contributed by atoms with Crippen molar-refractivity contribution in [2.24, 2.45) is 5.92 Å². The Hall–Kier alpha value is -2.78. The van der Waals surface area contributed by atoms with Crippen LogP contribution in [0, 0.1) is 5.92 Å². The van der Waals surface area contributed by atoms with E-state index in [4.69, 9.17) is 11.6 Å². The van der Waals surface area contributed by atoms with Crippen LogP contribution in [0.1, 0.15) is 6.42 Å². The number of nitrogens with one attached hydrogen (secondary N) is 1. The lowest BCUT2D eigenvalue weighted by molar-refractivity contribution is -0.144. The van der Waals surface area contributed by atoms with Crippen molar-refractivity contribution in [3.63, 3.8) is 0 Å². The van der Waals surface area contributed by atoms with Gasteiger partial charge in [-0.3, -0.25) is 14.5 Å². The fraction of sp³-hybridized carbons (Fsp3) is 0.389. The minimum absolute atomic E-state index is 0.111. The van der Waals surface area contributed by atoms with E-state index in [2.05, 4.69) is 30.1 Å². The van der Waals surface area contributed by atoms with Crippen molar-refractivity contribution in [1.82, 2.24) is 19.9 Å². The first-order valence-electron chi connectivity index (χ1n) is 8.90. The number of carbonyl (C=O) groups excluding carboxylic acids is 1. The molecule has 0 unspecified atom stereocenters. The van der Waals surface area contributed by atoms with Gasteiger partial charge in [-0.25, -0.2) is 15.0 Å². The Labute approximate surface area is 167 Å². The Bertz CT molecular complexity index is 797. The Morgan fingerprint density at radius 2 is 1.86 bits per heavy atom. The summed E-state index contributed by atoms with van der Waals surface area (Å²) in [5, 5.41) is 12.5. The molecular weight excluding hydrogens is 384 g/mol. The molecule has 9 nitrogen and oxygen atoms in total. The van der Waals surface area contributed by atoms with Gasteiger partial charge in [-0.2, -0.15) is 0 Å². The minimum Gasteiger partial charge on any atom is -0.481 e. The quantitative estimate of drug-likeness (QED) is 0.665. The maximum atomic E-state index is 12.2. The highest BCUT2D eigenvalue weighted by Gasteiger charge is 2.27. The third-order valence-electron chi connectivity index (χ3n) is 4.48. The van der Waals surface area contributed by atoms with E-state index in [0.717, 1.165) is 0 Å². The van der Waals surface area contributed by atoms with E-state index in [-0.39, 0.29) is 12.3 Å². The van der Waals surface area contributed by atoms with E-state index in [0.29, 0.717) is 49.5 Å². The topological polar surface area (TPSA) is 112 Å². The van der Waals surface area contributed by atoms with Gasteiger partial charge in [-0.1, -0.05) is 11.6 Å². The van der Waals surface area contributed by atoms with E-state index in [1.165, 1.54) is 6.20 Å². The van der Waals surface area contributed by atoms with Crippen LogP contribution in [0.2, 0.25) is 5.15 Å². The largest absolute Gasteiger partial charge is 0.481 e. The molecule has 148 valence electrons. The molecule has 0 aliphatic carbocycles. The summed E-state index contributed by atoms with van der Waals surface area (Å²) < 4.78 is 0. The molecule has 0 aromatic carbocycles. The molecule has 2 aromatic heterocycles. The molecule has 0 radical (unpaired) electrons. The first kappa shape index (κ1) is 20.0. The molecule has 0 spiro atoms. The first-order valence-corrected chi connectivity index (χ1v) is 9.27. The molecule has 10 heteroatoms. The fourth-order valence-corrected chi connectivity index (χ4v) is 3.12. The van der Waals surface area contributed by atoms with E-state index < -0.39 is 11.9 Å². The maximum absolute atomic E-state index is 12.2. The van der Waals surface area contributed by atoms with Crippen molar-refractivity contribution in [2.45, 2.75) is 6.42 Å². The highest BCUT2D eigenvalue weighted by molar-refractivity contribution is 6.29. The highest BCUT2D eigenvalue weighted by Crippen LogP contribution is 2.15. The van der Waals surface area contributed by atoms with E-state index in [1.54, 1.807) is 30.6 Å². The Morgan fingerprint density at radius 1 is 1.14 bits per heavy atom. The highest BCUT2D eigenvalue weighted by atomic mass is 35.5. The van der Waals surface area contributed by atoms with Crippen LogP contribution in [-0.4, -0.2) is 69.6 Å². The number of anilines is 2. The number of piperazine rings is 1. The van der Waals surface area contributed by atoms with E-state index in [9.17, 15) is 14.7 Å². The summed E-state index contributed by atoms with van der Waals surface area (Å²) in [6, 6.07) is 4.94. The Kier molecular flexibility index (Phi) is 6.72. The van der Waals surface area contributed by atoms with Crippen LogP contribution < -0.4 is 10.2 Å². The molecule has 2 N–H and O–H groups in total. The Balaban J connectivity index is 1.50. The van der Waals surface area contributed by atoms with Crippen molar-refractivity contribution < 1.29 is 14.7 Å². The second kappa shape index (κ2) is 9.43. The predicted octanol–water partition coefficient (Wildman–Crippen LogP) is 1.38. The molecule has 1 atom stereocenters. The molecule has 3 heterocycles. The maximum Gasteiger partial charge on any atom is 0.308 e. The summed E-state index contributed by atoms with van der Waals surface area (Å²) in [6.45, 7) is 3.10. The van der Waals surface area contributed by atoms with Gasteiger partial charge in [-0.15, -0.1) is 0 Å². The lowest BCUT2D eigenvalue weighted by Gasteiger charge is -2.35. The van der Waals surface area contributed by atoms with Gasteiger partial charge in [0.2, 0.25) is 11.9 Å². The van der Waals surface area contributed by atoms with Gasteiger partial charge in [-0.05, 0) is 18.2 Å². The van der Waals surface area contributed by atoms with Crippen LogP contribution in [0.3, 0.4) is 0 Å². The zero-order chi connectivity index (χ0) is 19.9. The molecule has 28 heavy (non-hydrogen) atoms. The minimum atomic E-state index is -0.988. The molecule has 3 rings (SSSR count). The standard InChI is InChI=1S/C18H21ClN6O3/c19-15-3-2-14(11-22-15)23-16(26)10-13(17(27)28)12-24-6-8-25(9-7-24)18-20-4-1-5-21-18/h1-5,11,13H,6-10,12H2,(H,23,26)(H,27,28)/t13-/m1/s1. The van der Waals surface area contributed by atoms with Crippen LogP contribution in [0.25, 0.3) is 0 Å². The summed E-state index contributed by atoms with van der Waals surface area (Å²) in [7, 11) is 0. The lowest BCUT2D eigenvalue weighted by atomic mass is 10.0. The number of aromatic nitrogens is 3. The third-order valence-corrected chi connectivity index (χ3v) is 4.70. The molecule has 1 aliphatic heterocycles. The van der Waals surface area contributed by atoms with Crippen LogP contribution >= 0.6 is 11.6 Å². The predicted molar refractivity (Wildman–Crippen MR) is 104 cm³/mol. The summed E-state index contributed by atoms with van der Waals surface area (Å²) in [5.41, 5.74) is 0.481. The fourth-order valence-electron chi connectivity index (χ4n) is 3.01. The number of aliphatic carboxylic acids is 1. The van der Waals surface area contributed by atoms with Crippen LogP contribution in [0.4, 0.5) is 11.6 Å². The summed E-state index contributed by atoms with van der Waals surface area (Å²) in [6.07, 6.45) is 4.72. The van der Waals surface area contributed by atoms with Gasteiger partial charge in [0, 0.05) is 51.5 Å². The van der Waals surface area contributed by atoms with Crippen LogP contribution in [0.15, 0.2) is 36.8 Å². The summed E-state index contributed by atoms with van der Waals surface area (Å²) >= 11 is 5.71. The van der Waals surface area contributed by atoms with Crippen molar-refractivity contribution in [3.05, 3.63) is 41.9 Å². The zero-order valence-electron chi connectivity index (χ0n) is 15.2. The third kappa shape index (κ3) is 5.61. The molecular formula is C18H21ClN6O3. The van der Waals surface area contributed by atoms with Gasteiger partial charge < -0.3 is 15.3 Å². The van der Waals surface area contributed by atoms with Crippen molar-refractivity contribution >= 4 is 35.1 Å². The van der Waals surface area contributed by atoms with Gasteiger partial charge in [0.05, 0.1) is 17.8 Å². The molecule has 2 aromatic rings. The average Bonchev–Trinajstić information content (AvgIpc) is 2.70. The number of nitrogens with zero attached hydrogens (tertiary/aromatic N) is 5. The average molecular weight is 405 g/mol. The zero-order valence-corrected chi connectivity index (χ0v) is 15.9. The van der Waals surface area contributed by atoms with Crippen molar-refractivity contribution in [3.8, 4) is 0 Å². The lowest BCUT2D eigenvalue weighted by Crippen LogP contribution is -2.49. The second-order valence-electron chi connectivity index (χ2n) is 6.49. The monoisotopic (exact) mass is 404 g/mol. The number of halogens is 1. The Morgan fingerprint density at radius 3 is 2.46 bits per heavy atom. The number of rotatable bonds is 7. The van der Waals surface area contributed by atoms with Gasteiger partial charge in [0.15, 0.2) is 0 Å². The van der Waals surface area contributed by atoms with Crippen molar-refractivity contribution in [1.29, 1.82) is 0 Å². The molecule has 1 fully saturated rings. The smallest absolute Gasteiger partial charge is 0.308 e. The van der Waals surface area contributed by atoms with Gasteiger partial charge in [0.1, 0.15) is 5.15 Å². The van der Waals surface area contributed by atoms with Gasteiger partial charge >= 0.3 is 5.97 Å². The SMILES string of the molecule is O=C(C[C@H](CN1CCN(c2ncccn2)CC1)C(=O)O)Nc1ccc(Cl)nc1. The summed E-state index contributed by atoms with van der Waals surface area (Å²) in [4.78, 5) is 40.3. The molecule has 0 saturated carbocycles. The molecule has 1 amide bonds. The number of hydrogen-bond acceptors (Lipinski definition) is 7. The van der Waals surface area contributed by atoms with Crippen LogP contribution in [0.5, 0.6) is 0 Å². The van der Waals surface area contributed by atoms with E-state index in [1.807, 2.05) is 0 Å². The molecule has 1 aliphatic rings. The van der Waals surface area contributed by atoms with Crippen LogP contribution in [-0.2, 0) is 9.59 Å². The van der Waals surface area contributed by atoms with Gasteiger partial charge in [0.25, 0.3) is 0 Å². The number of amides is 1. The second-order valence-corrected chi connectivity index (χ2v) is 6.88. The number of carboxylic acids is 1. The number of hydrogen-bond donors (Lipinski definition) is 2. The van der Waals surface area contributed by atoms with E-state index >= 15 is 0 Å². The summed E-state index contributed by atoms with van der Waals surface area (Å²) in [5.74, 6) is -1.47. The number of pyridine rings is 1. The normalized spacial score (nSPS) is 15.8. The first-order chi connectivity index (χ1) is 13.5. The number of carboxylic acid groups (broad SMARTS) is 1. The number of carbonyl (C=O) groups is 2. The molecule has 0 bridgehead atoms.